The second-order valence-corrected chi connectivity index (χ2v) is 7.02. The molecule has 9 heteroatoms. The van der Waals surface area contributed by atoms with Gasteiger partial charge in [0.1, 0.15) is 5.56 Å². The average Bonchev–Trinajstić information content (AvgIpc) is 3.05. The first-order valence-electron chi connectivity index (χ1n) is 8.38. The Morgan fingerprint density at radius 1 is 1.33 bits per heavy atom. The molecular weight excluding hydrogens is 366 g/mol. The van der Waals surface area contributed by atoms with Gasteiger partial charge < -0.3 is 10.0 Å². The van der Waals surface area contributed by atoms with Crippen LogP contribution < -0.4 is 10.5 Å². The Kier molecular flexibility index (Phi) is 4.88. The van der Waals surface area contributed by atoms with Crippen LogP contribution in [0.4, 0.5) is 5.69 Å². The lowest BCUT2D eigenvalue weighted by Gasteiger charge is -2.21. The number of carbonyl (C=O) groups is 1. The highest BCUT2D eigenvalue weighted by Crippen LogP contribution is 2.34. The SMILES string of the molecule is CC(=O)N1N=C(c2c(O)n(C)c(=S)[nH]c2=O)C[C@@H]1c1ccc(N(C)C)cc1. The van der Waals surface area contributed by atoms with Gasteiger partial charge in [0.15, 0.2) is 4.77 Å². The molecule has 0 saturated carbocycles. The van der Waals surface area contributed by atoms with Crippen LogP contribution in [0.2, 0.25) is 0 Å². The topological polar surface area (TPSA) is 93.9 Å². The fraction of sp³-hybridized carbons (Fsp3) is 0.333. The highest BCUT2D eigenvalue weighted by Gasteiger charge is 2.34. The number of benzene rings is 1. The molecule has 0 fully saturated rings. The van der Waals surface area contributed by atoms with Gasteiger partial charge in [0.05, 0.1) is 11.8 Å². The van der Waals surface area contributed by atoms with Crippen molar-refractivity contribution in [3.8, 4) is 5.88 Å². The third-order valence-electron chi connectivity index (χ3n) is 4.61. The number of nitrogens with one attached hydrogen (secondary N) is 1. The van der Waals surface area contributed by atoms with E-state index in [1.807, 2.05) is 43.3 Å². The van der Waals surface area contributed by atoms with Gasteiger partial charge in [-0.3, -0.25) is 19.1 Å². The maximum atomic E-state index is 12.4. The second kappa shape index (κ2) is 6.99. The van der Waals surface area contributed by atoms with E-state index in [1.54, 1.807) is 7.05 Å². The van der Waals surface area contributed by atoms with Crippen molar-refractivity contribution in [1.29, 1.82) is 0 Å². The third-order valence-corrected chi connectivity index (χ3v) is 4.99. The molecule has 0 unspecified atom stereocenters. The second-order valence-electron chi connectivity index (χ2n) is 6.63. The van der Waals surface area contributed by atoms with Gasteiger partial charge in [-0.15, -0.1) is 0 Å². The van der Waals surface area contributed by atoms with Crippen molar-refractivity contribution in [3.63, 3.8) is 0 Å². The molecule has 2 aromatic rings. The molecule has 1 atom stereocenters. The number of nitrogens with zero attached hydrogens (tertiary/aromatic N) is 4. The molecule has 1 aliphatic heterocycles. The number of aromatic nitrogens is 2. The number of aromatic hydroxyl groups is 1. The minimum absolute atomic E-state index is 0.0322. The molecular formula is C18H21N5O3S. The lowest BCUT2D eigenvalue weighted by Crippen LogP contribution is -2.24. The summed E-state index contributed by atoms with van der Waals surface area (Å²) in [6.45, 7) is 1.42. The highest BCUT2D eigenvalue weighted by atomic mass is 32.1. The zero-order valence-electron chi connectivity index (χ0n) is 15.6. The quantitative estimate of drug-likeness (QED) is 0.785. The molecule has 142 valence electrons. The van der Waals surface area contributed by atoms with E-state index in [2.05, 4.69) is 10.1 Å². The number of hydrogen-bond donors (Lipinski definition) is 2. The van der Waals surface area contributed by atoms with E-state index in [0.717, 1.165) is 11.3 Å². The van der Waals surface area contributed by atoms with Gasteiger partial charge in [0, 0.05) is 40.2 Å². The predicted molar refractivity (Wildman–Crippen MR) is 106 cm³/mol. The fourth-order valence-corrected chi connectivity index (χ4v) is 3.25. The van der Waals surface area contributed by atoms with Crippen LogP contribution in [0.15, 0.2) is 34.2 Å². The molecule has 1 aromatic heterocycles. The zero-order valence-corrected chi connectivity index (χ0v) is 16.4. The van der Waals surface area contributed by atoms with Gasteiger partial charge in [-0.2, -0.15) is 5.10 Å². The minimum Gasteiger partial charge on any atom is -0.494 e. The van der Waals surface area contributed by atoms with Crippen molar-refractivity contribution in [2.75, 3.05) is 19.0 Å². The molecule has 0 radical (unpaired) electrons. The maximum Gasteiger partial charge on any atom is 0.264 e. The molecule has 1 aliphatic rings. The summed E-state index contributed by atoms with van der Waals surface area (Å²) in [5.74, 6) is -0.513. The molecule has 2 N–H and O–H groups in total. The summed E-state index contributed by atoms with van der Waals surface area (Å²) in [5.41, 5.74) is 1.78. The molecule has 0 saturated heterocycles. The standard InChI is InChI=1S/C18H21N5O3S/c1-10(24)23-14(11-5-7-12(8-6-11)21(2)3)9-13(20-23)15-16(25)19-18(27)22(4)17(15)26/h5-8,14,26H,9H2,1-4H3,(H,19,25,27)/t14-/m1/s1. The normalized spacial score (nSPS) is 16.4. The first-order valence-corrected chi connectivity index (χ1v) is 8.78. The summed E-state index contributed by atoms with van der Waals surface area (Å²) in [5, 5.41) is 16.1. The largest absolute Gasteiger partial charge is 0.494 e. The van der Waals surface area contributed by atoms with Gasteiger partial charge in [-0.05, 0) is 29.9 Å². The first kappa shape index (κ1) is 18.8. The van der Waals surface area contributed by atoms with E-state index >= 15 is 0 Å². The number of hydrazone groups is 1. The predicted octanol–water partition coefficient (Wildman–Crippen LogP) is 1.91. The number of amides is 1. The molecule has 1 aromatic carbocycles. The summed E-state index contributed by atoms with van der Waals surface area (Å²) in [6, 6.07) is 7.44. The third kappa shape index (κ3) is 3.37. The van der Waals surface area contributed by atoms with Crippen molar-refractivity contribution in [3.05, 3.63) is 50.5 Å². The van der Waals surface area contributed by atoms with Crippen molar-refractivity contribution in [1.82, 2.24) is 14.6 Å². The molecule has 0 spiro atoms. The zero-order chi connectivity index (χ0) is 19.9. The molecule has 1 amide bonds. The van der Waals surface area contributed by atoms with Gasteiger partial charge in [-0.1, -0.05) is 12.1 Å². The molecule has 27 heavy (non-hydrogen) atoms. The van der Waals surface area contributed by atoms with Crippen LogP contribution in [0.3, 0.4) is 0 Å². The van der Waals surface area contributed by atoms with E-state index in [-0.39, 0.29) is 28.2 Å². The van der Waals surface area contributed by atoms with E-state index in [1.165, 1.54) is 16.5 Å². The number of aromatic amines is 1. The van der Waals surface area contributed by atoms with E-state index in [9.17, 15) is 14.7 Å². The van der Waals surface area contributed by atoms with Gasteiger partial charge in [-0.25, -0.2) is 5.01 Å². The molecule has 0 bridgehead atoms. The lowest BCUT2D eigenvalue weighted by molar-refractivity contribution is -0.130. The van der Waals surface area contributed by atoms with E-state index < -0.39 is 5.56 Å². The lowest BCUT2D eigenvalue weighted by atomic mass is 9.99. The van der Waals surface area contributed by atoms with Crippen LogP contribution in [-0.4, -0.2) is 45.4 Å². The Labute approximate surface area is 161 Å². The Balaban J connectivity index is 2.03. The Bertz CT molecular complexity index is 1040. The van der Waals surface area contributed by atoms with Crippen molar-refractivity contribution >= 4 is 29.5 Å². The monoisotopic (exact) mass is 387 g/mol. The average molecular weight is 387 g/mol. The van der Waals surface area contributed by atoms with E-state index in [0.29, 0.717) is 12.1 Å². The van der Waals surface area contributed by atoms with Crippen LogP contribution in [0, 0.1) is 4.77 Å². The van der Waals surface area contributed by atoms with Crippen LogP contribution in [0.1, 0.15) is 30.5 Å². The number of carbonyl (C=O) groups excluding carboxylic acids is 1. The summed E-state index contributed by atoms with van der Waals surface area (Å²) in [4.78, 5) is 29.0. The maximum absolute atomic E-state index is 12.4. The van der Waals surface area contributed by atoms with Crippen LogP contribution in [0.25, 0.3) is 0 Å². The van der Waals surface area contributed by atoms with Crippen molar-refractivity contribution < 1.29 is 9.90 Å². The summed E-state index contributed by atoms with van der Waals surface area (Å²) in [6.07, 6.45) is 0.314. The number of rotatable bonds is 3. The minimum atomic E-state index is -0.526. The molecule has 3 rings (SSSR count). The van der Waals surface area contributed by atoms with Crippen molar-refractivity contribution in [2.24, 2.45) is 12.1 Å². The highest BCUT2D eigenvalue weighted by molar-refractivity contribution is 7.71. The summed E-state index contributed by atoms with van der Waals surface area (Å²) >= 11 is 5.00. The number of hydrogen-bond acceptors (Lipinski definition) is 6. The summed E-state index contributed by atoms with van der Waals surface area (Å²) in [7, 11) is 5.45. The molecule has 2 heterocycles. The Morgan fingerprint density at radius 3 is 2.52 bits per heavy atom. The number of H-pyrrole nitrogens is 1. The molecule has 0 aliphatic carbocycles. The smallest absolute Gasteiger partial charge is 0.264 e. The van der Waals surface area contributed by atoms with E-state index in [4.69, 9.17) is 12.2 Å². The van der Waals surface area contributed by atoms with Gasteiger partial charge >= 0.3 is 0 Å². The fourth-order valence-electron chi connectivity index (χ4n) is 3.07. The Morgan fingerprint density at radius 2 is 1.96 bits per heavy atom. The van der Waals surface area contributed by atoms with Gasteiger partial charge in [0.25, 0.3) is 5.56 Å². The first-order chi connectivity index (χ1) is 12.7. The Hall–Kier alpha value is -2.94. The number of anilines is 1. The summed E-state index contributed by atoms with van der Waals surface area (Å²) < 4.78 is 1.41. The van der Waals surface area contributed by atoms with Crippen LogP contribution in [0.5, 0.6) is 5.88 Å². The van der Waals surface area contributed by atoms with Gasteiger partial charge in [0.2, 0.25) is 11.8 Å². The van der Waals surface area contributed by atoms with Crippen LogP contribution in [-0.2, 0) is 11.8 Å². The molecule has 8 nitrogen and oxygen atoms in total. The van der Waals surface area contributed by atoms with Crippen LogP contribution >= 0.6 is 12.2 Å². The van der Waals surface area contributed by atoms with Crippen molar-refractivity contribution in [2.45, 2.75) is 19.4 Å².